The molecule has 3 aromatic heterocycles. The Labute approximate surface area is 207 Å². The standard InChI is InChI=1S/C28H23FN6O/c29-21-4-1-3-19(14-21)24-5-2-6-25-27(24)34-28(33-25)26-20(16-32-35-26)8-7-18-13-23(17-31-15-18)36-22-9-11-30-12-10-22/h1-6,13-17,22,30H,9-12H2,(H,32,35)(H,33,34). The summed E-state index contributed by atoms with van der Waals surface area (Å²) in [5.74, 6) is 7.39. The third kappa shape index (κ3) is 4.57. The van der Waals surface area contributed by atoms with Gasteiger partial charge < -0.3 is 15.0 Å². The minimum Gasteiger partial charge on any atom is -0.489 e. The van der Waals surface area contributed by atoms with Gasteiger partial charge in [-0.05, 0) is 55.8 Å². The Hall–Kier alpha value is -4.48. The van der Waals surface area contributed by atoms with E-state index in [2.05, 4.69) is 37.3 Å². The molecule has 3 N–H and O–H groups in total. The summed E-state index contributed by atoms with van der Waals surface area (Å²) in [7, 11) is 0. The Morgan fingerprint density at radius 1 is 0.972 bits per heavy atom. The molecule has 0 spiro atoms. The van der Waals surface area contributed by atoms with E-state index in [0.717, 1.165) is 59.4 Å². The number of ether oxygens (including phenoxy) is 1. The van der Waals surface area contributed by atoms with Crippen LogP contribution in [0.25, 0.3) is 33.7 Å². The average molecular weight is 479 g/mol. The molecule has 2 aromatic carbocycles. The van der Waals surface area contributed by atoms with Crippen molar-refractivity contribution in [2.24, 2.45) is 0 Å². The summed E-state index contributed by atoms with van der Waals surface area (Å²) in [5, 5.41) is 10.5. The van der Waals surface area contributed by atoms with Crippen LogP contribution in [0.5, 0.6) is 5.75 Å². The highest BCUT2D eigenvalue weighted by Gasteiger charge is 2.16. The van der Waals surface area contributed by atoms with E-state index in [1.165, 1.54) is 12.1 Å². The molecule has 6 rings (SSSR count). The van der Waals surface area contributed by atoms with Gasteiger partial charge in [0.1, 0.15) is 23.4 Å². The fourth-order valence-electron chi connectivity index (χ4n) is 4.40. The van der Waals surface area contributed by atoms with Crippen molar-refractivity contribution in [3.63, 3.8) is 0 Å². The second-order valence-electron chi connectivity index (χ2n) is 8.68. The molecule has 4 heterocycles. The molecule has 1 aliphatic rings. The van der Waals surface area contributed by atoms with Gasteiger partial charge in [-0.3, -0.25) is 10.1 Å². The third-order valence-corrected chi connectivity index (χ3v) is 6.17. The molecule has 8 heteroatoms. The van der Waals surface area contributed by atoms with E-state index < -0.39 is 0 Å². The Kier molecular flexibility index (Phi) is 5.90. The number of piperidine rings is 1. The number of imidazole rings is 1. The molecule has 0 unspecified atom stereocenters. The van der Waals surface area contributed by atoms with Crippen LogP contribution in [0.3, 0.4) is 0 Å². The SMILES string of the molecule is Fc1cccc(-c2cccc3[nH]c(-c4[nH]ncc4C#Cc4cncc(OC5CCNCC5)c4)nc23)c1. The van der Waals surface area contributed by atoms with Gasteiger partial charge in [-0.2, -0.15) is 5.10 Å². The minimum atomic E-state index is -0.286. The zero-order valence-electron chi connectivity index (χ0n) is 19.4. The zero-order valence-corrected chi connectivity index (χ0v) is 19.4. The molecule has 1 fully saturated rings. The van der Waals surface area contributed by atoms with Gasteiger partial charge in [-0.15, -0.1) is 0 Å². The van der Waals surface area contributed by atoms with Crippen molar-refractivity contribution < 1.29 is 9.13 Å². The largest absolute Gasteiger partial charge is 0.489 e. The van der Waals surface area contributed by atoms with Crippen molar-refractivity contribution in [2.45, 2.75) is 18.9 Å². The molecule has 5 aromatic rings. The molecule has 0 bridgehead atoms. The highest BCUT2D eigenvalue weighted by atomic mass is 19.1. The molecule has 0 atom stereocenters. The van der Waals surface area contributed by atoms with Gasteiger partial charge in [0.2, 0.25) is 0 Å². The van der Waals surface area contributed by atoms with E-state index in [1.807, 2.05) is 30.3 Å². The Morgan fingerprint density at radius 3 is 2.75 bits per heavy atom. The lowest BCUT2D eigenvalue weighted by molar-refractivity contribution is 0.162. The second-order valence-corrected chi connectivity index (χ2v) is 8.68. The van der Waals surface area contributed by atoms with E-state index in [9.17, 15) is 4.39 Å². The lowest BCUT2D eigenvalue weighted by atomic mass is 10.0. The van der Waals surface area contributed by atoms with E-state index in [0.29, 0.717) is 17.1 Å². The first-order valence-electron chi connectivity index (χ1n) is 11.9. The smallest absolute Gasteiger partial charge is 0.157 e. The topological polar surface area (TPSA) is 91.5 Å². The molecular weight excluding hydrogens is 455 g/mol. The summed E-state index contributed by atoms with van der Waals surface area (Å²) >= 11 is 0. The zero-order chi connectivity index (χ0) is 24.3. The molecule has 0 radical (unpaired) electrons. The number of para-hydroxylation sites is 1. The van der Waals surface area contributed by atoms with Crippen LogP contribution < -0.4 is 10.1 Å². The predicted molar refractivity (Wildman–Crippen MR) is 136 cm³/mol. The summed E-state index contributed by atoms with van der Waals surface area (Å²) in [6.45, 7) is 1.93. The van der Waals surface area contributed by atoms with Crippen molar-refractivity contribution >= 4 is 11.0 Å². The number of aromatic amines is 2. The van der Waals surface area contributed by atoms with Crippen LogP contribution in [0.15, 0.2) is 67.1 Å². The Bertz CT molecular complexity index is 1590. The predicted octanol–water partition coefficient (Wildman–Crippen LogP) is 4.68. The van der Waals surface area contributed by atoms with E-state index in [4.69, 9.17) is 9.72 Å². The normalized spacial score (nSPS) is 13.9. The van der Waals surface area contributed by atoms with Gasteiger partial charge >= 0.3 is 0 Å². The van der Waals surface area contributed by atoms with Crippen molar-refractivity contribution in [1.29, 1.82) is 0 Å². The van der Waals surface area contributed by atoms with Gasteiger partial charge in [0.05, 0.1) is 29.0 Å². The molecule has 0 amide bonds. The first-order valence-corrected chi connectivity index (χ1v) is 11.9. The van der Waals surface area contributed by atoms with Gasteiger partial charge in [-0.1, -0.05) is 36.1 Å². The highest BCUT2D eigenvalue weighted by molar-refractivity contribution is 5.93. The van der Waals surface area contributed by atoms with Crippen LogP contribution in [-0.4, -0.2) is 44.3 Å². The van der Waals surface area contributed by atoms with Crippen molar-refractivity contribution in [3.8, 4) is 40.2 Å². The summed E-state index contributed by atoms with van der Waals surface area (Å²) in [6.07, 6.45) is 7.27. The number of benzene rings is 2. The number of nitrogens with one attached hydrogen (secondary N) is 3. The number of pyridine rings is 1. The van der Waals surface area contributed by atoms with Crippen molar-refractivity contribution in [1.82, 2.24) is 30.5 Å². The summed E-state index contributed by atoms with van der Waals surface area (Å²) in [4.78, 5) is 12.4. The quantitative estimate of drug-likeness (QED) is 0.326. The van der Waals surface area contributed by atoms with Crippen LogP contribution in [0.2, 0.25) is 0 Å². The fourth-order valence-corrected chi connectivity index (χ4v) is 4.40. The van der Waals surface area contributed by atoms with Crippen molar-refractivity contribution in [2.75, 3.05) is 13.1 Å². The third-order valence-electron chi connectivity index (χ3n) is 6.17. The van der Waals surface area contributed by atoms with E-state index in [1.54, 1.807) is 24.7 Å². The molecule has 0 saturated carbocycles. The number of halogens is 1. The summed E-state index contributed by atoms with van der Waals surface area (Å²) in [6, 6.07) is 14.2. The maximum absolute atomic E-state index is 13.8. The van der Waals surface area contributed by atoms with Crippen LogP contribution in [0.4, 0.5) is 4.39 Å². The number of aromatic nitrogens is 5. The van der Waals surface area contributed by atoms with Gasteiger partial charge in [0.25, 0.3) is 0 Å². The summed E-state index contributed by atoms with van der Waals surface area (Å²) in [5.41, 5.74) is 5.34. The van der Waals surface area contributed by atoms with E-state index in [-0.39, 0.29) is 11.9 Å². The first kappa shape index (κ1) is 22.0. The van der Waals surface area contributed by atoms with Crippen LogP contribution >= 0.6 is 0 Å². The van der Waals surface area contributed by atoms with Gasteiger partial charge in [0, 0.05) is 17.3 Å². The number of rotatable bonds is 4. The van der Waals surface area contributed by atoms with Crippen LogP contribution in [0, 0.1) is 17.7 Å². The Morgan fingerprint density at radius 2 is 1.86 bits per heavy atom. The molecule has 1 aliphatic heterocycles. The number of nitrogens with zero attached hydrogens (tertiary/aromatic N) is 3. The molecule has 0 aliphatic carbocycles. The maximum atomic E-state index is 13.8. The molecule has 1 saturated heterocycles. The highest BCUT2D eigenvalue weighted by Crippen LogP contribution is 2.30. The lowest BCUT2D eigenvalue weighted by Gasteiger charge is -2.23. The van der Waals surface area contributed by atoms with E-state index >= 15 is 0 Å². The van der Waals surface area contributed by atoms with Crippen LogP contribution in [0.1, 0.15) is 24.0 Å². The van der Waals surface area contributed by atoms with Gasteiger partial charge in [0.15, 0.2) is 5.82 Å². The van der Waals surface area contributed by atoms with Crippen LogP contribution in [-0.2, 0) is 0 Å². The number of H-pyrrole nitrogens is 2. The molecule has 36 heavy (non-hydrogen) atoms. The maximum Gasteiger partial charge on any atom is 0.157 e. The number of hydrogen-bond donors (Lipinski definition) is 3. The Balaban J connectivity index is 1.29. The second kappa shape index (κ2) is 9.64. The molecular formula is C28H23FN6O. The first-order chi connectivity index (χ1) is 17.7. The minimum absolute atomic E-state index is 0.196. The molecule has 7 nitrogen and oxygen atoms in total. The number of hydrogen-bond acceptors (Lipinski definition) is 5. The average Bonchev–Trinajstić information content (AvgIpc) is 3.55. The monoisotopic (exact) mass is 478 g/mol. The molecule has 178 valence electrons. The lowest BCUT2D eigenvalue weighted by Crippen LogP contribution is -2.34. The van der Waals surface area contributed by atoms with Gasteiger partial charge in [-0.25, -0.2) is 9.37 Å². The number of fused-ring (bicyclic) bond motifs is 1. The summed E-state index contributed by atoms with van der Waals surface area (Å²) < 4.78 is 19.9. The van der Waals surface area contributed by atoms with Crippen molar-refractivity contribution in [3.05, 3.63) is 84.1 Å². The fraction of sp³-hybridized carbons (Fsp3) is 0.179.